The van der Waals surface area contributed by atoms with E-state index in [0.717, 1.165) is 11.8 Å². The number of sulfone groups is 1. The Labute approximate surface area is 111 Å². The van der Waals surface area contributed by atoms with Crippen LogP contribution in [0.15, 0.2) is 24.3 Å². The van der Waals surface area contributed by atoms with Crippen molar-refractivity contribution in [2.24, 2.45) is 0 Å². The lowest BCUT2D eigenvalue weighted by molar-refractivity contribution is -0.127. The predicted molar refractivity (Wildman–Crippen MR) is 68.6 cm³/mol. The van der Waals surface area contributed by atoms with Gasteiger partial charge in [0.05, 0.1) is 12.3 Å². The van der Waals surface area contributed by atoms with Gasteiger partial charge in [0.1, 0.15) is 21.8 Å². The number of carbonyl (C=O) groups excluding carboxylic acids is 1. The number of hydrogen-bond donors (Lipinski definition) is 1. The summed E-state index contributed by atoms with van der Waals surface area (Å²) in [7, 11) is -3.13. The Hall–Kier alpha value is -1.47. The van der Waals surface area contributed by atoms with E-state index in [4.69, 9.17) is 0 Å². The number of halogens is 1. The normalized spacial score (nSPS) is 20.0. The summed E-state index contributed by atoms with van der Waals surface area (Å²) in [5.74, 6) is -0.591. The van der Waals surface area contributed by atoms with Crippen molar-refractivity contribution in [1.82, 2.24) is 10.2 Å². The molecule has 19 heavy (non-hydrogen) atoms. The number of hydrogen-bond acceptors (Lipinski definition) is 4. The Morgan fingerprint density at radius 2 is 2.00 bits per heavy atom. The molecule has 1 heterocycles. The first-order valence-electron chi connectivity index (χ1n) is 5.83. The van der Waals surface area contributed by atoms with Gasteiger partial charge in [-0.1, -0.05) is 12.1 Å². The van der Waals surface area contributed by atoms with Crippen molar-refractivity contribution in [3.05, 3.63) is 35.6 Å². The lowest BCUT2D eigenvalue weighted by Gasteiger charge is -2.24. The molecule has 1 aliphatic heterocycles. The lowest BCUT2D eigenvalue weighted by atomic mass is 10.1. The Balaban J connectivity index is 2.15. The maximum Gasteiger partial charge on any atom is 0.238 e. The van der Waals surface area contributed by atoms with Gasteiger partial charge in [0.2, 0.25) is 5.91 Å². The number of amides is 1. The molecule has 1 saturated heterocycles. The molecule has 104 valence electrons. The van der Waals surface area contributed by atoms with Crippen LogP contribution in [0.25, 0.3) is 0 Å². The first kappa shape index (κ1) is 14.0. The molecular formula is C12H15FN2O3S. The molecule has 1 fully saturated rings. The highest BCUT2D eigenvalue weighted by Crippen LogP contribution is 2.22. The van der Waals surface area contributed by atoms with Crippen molar-refractivity contribution in [3.8, 4) is 0 Å². The predicted octanol–water partition coefficient (Wildman–Crippen LogP) is 0.301. The molecule has 2 rings (SSSR count). The SMILES string of the molecule is CS(=O)(=O)CCN1C(=O)CNC1c1ccc(F)cc1. The second kappa shape index (κ2) is 5.26. The van der Waals surface area contributed by atoms with Gasteiger partial charge >= 0.3 is 0 Å². The standard InChI is InChI=1S/C12H15FN2O3S/c1-19(17,18)7-6-15-11(16)8-14-12(15)9-2-4-10(13)5-3-9/h2-5,12,14H,6-8H2,1H3. The van der Waals surface area contributed by atoms with E-state index >= 15 is 0 Å². The smallest absolute Gasteiger partial charge is 0.238 e. The van der Waals surface area contributed by atoms with Crippen LogP contribution in [0, 0.1) is 5.82 Å². The molecule has 0 aromatic heterocycles. The summed E-state index contributed by atoms with van der Waals surface area (Å²) in [6.07, 6.45) is 0.739. The second-order valence-electron chi connectivity index (χ2n) is 4.55. The topological polar surface area (TPSA) is 66.5 Å². The third-order valence-corrected chi connectivity index (χ3v) is 3.89. The summed E-state index contributed by atoms with van der Waals surface area (Å²) in [5.41, 5.74) is 0.737. The summed E-state index contributed by atoms with van der Waals surface area (Å²) in [6, 6.07) is 5.79. The molecule has 1 atom stereocenters. The zero-order chi connectivity index (χ0) is 14.0. The van der Waals surface area contributed by atoms with Gasteiger partial charge in [-0.05, 0) is 17.7 Å². The quantitative estimate of drug-likeness (QED) is 0.864. The maximum atomic E-state index is 12.9. The molecule has 0 aliphatic carbocycles. The largest absolute Gasteiger partial charge is 0.321 e. The first-order valence-corrected chi connectivity index (χ1v) is 7.89. The number of nitrogens with one attached hydrogen (secondary N) is 1. The third kappa shape index (κ3) is 3.51. The van der Waals surface area contributed by atoms with Crippen molar-refractivity contribution in [2.45, 2.75) is 6.17 Å². The van der Waals surface area contributed by atoms with Crippen LogP contribution in [0.4, 0.5) is 4.39 Å². The van der Waals surface area contributed by atoms with Gasteiger partial charge in [0.25, 0.3) is 0 Å². The van der Waals surface area contributed by atoms with Crippen molar-refractivity contribution in [1.29, 1.82) is 0 Å². The monoisotopic (exact) mass is 286 g/mol. The molecule has 1 amide bonds. The van der Waals surface area contributed by atoms with Crippen LogP contribution in [0.3, 0.4) is 0 Å². The summed E-state index contributed by atoms with van der Waals surface area (Å²) in [5, 5.41) is 2.99. The van der Waals surface area contributed by atoms with E-state index < -0.39 is 16.0 Å². The molecule has 1 aromatic rings. The van der Waals surface area contributed by atoms with E-state index in [1.807, 2.05) is 0 Å². The van der Waals surface area contributed by atoms with Crippen molar-refractivity contribution in [3.63, 3.8) is 0 Å². The minimum atomic E-state index is -3.13. The fourth-order valence-electron chi connectivity index (χ4n) is 2.00. The van der Waals surface area contributed by atoms with Crippen molar-refractivity contribution >= 4 is 15.7 Å². The van der Waals surface area contributed by atoms with Crippen LogP contribution < -0.4 is 5.32 Å². The maximum absolute atomic E-state index is 12.9. The highest BCUT2D eigenvalue weighted by atomic mass is 32.2. The fourth-order valence-corrected chi connectivity index (χ4v) is 2.53. The van der Waals surface area contributed by atoms with Crippen LogP contribution >= 0.6 is 0 Å². The van der Waals surface area contributed by atoms with Crippen LogP contribution in [-0.2, 0) is 14.6 Å². The molecular weight excluding hydrogens is 271 g/mol. The van der Waals surface area contributed by atoms with Crippen molar-refractivity contribution in [2.75, 3.05) is 25.1 Å². The summed E-state index contributed by atoms with van der Waals surface area (Å²) in [6.45, 7) is 0.290. The molecule has 1 aromatic carbocycles. The molecule has 5 nitrogen and oxygen atoms in total. The van der Waals surface area contributed by atoms with E-state index in [0.29, 0.717) is 0 Å². The average Bonchev–Trinajstić information content (AvgIpc) is 2.68. The fraction of sp³-hybridized carbons (Fsp3) is 0.417. The second-order valence-corrected chi connectivity index (χ2v) is 6.81. The highest BCUT2D eigenvalue weighted by molar-refractivity contribution is 7.90. The van der Waals surface area contributed by atoms with Crippen LogP contribution in [-0.4, -0.2) is 44.3 Å². The molecule has 0 radical (unpaired) electrons. The third-order valence-electron chi connectivity index (χ3n) is 2.97. The Morgan fingerprint density at radius 1 is 1.37 bits per heavy atom. The molecule has 0 saturated carbocycles. The van der Waals surface area contributed by atoms with Gasteiger partial charge in [-0.25, -0.2) is 12.8 Å². The van der Waals surface area contributed by atoms with E-state index in [1.165, 1.54) is 17.0 Å². The van der Waals surface area contributed by atoms with Gasteiger partial charge in [-0.3, -0.25) is 10.1 Å². The summed E-state index contributed by atoms with van der Waals surface area (Å²) in [4.78, 5) is 13.2. The van der Waals surface area contributed by atoms with Crippen LogP contribution in [0.2, 0.25) is 0 Å². The van der Waals surface area contributed by atoms with E-state index in [9.17, 15) is 17.6 Å². The first-order chi connectivity index (χ1) is 8.87. The zero-order valence-electron chi connectivity index (χ0n) is 10.5. The van der Waals surface area contributed by atoms with Gasteiger partial charge in [-0.2, -0.15) is 0 Å². The molecule has 1 unspecified atom stereocenters. The Bertz CT molecular complexity index is 571. The highest BCUT2D eigenvalue weighted by Gasteiger charge is 2.31. The molecule has 7 heteroatoms. The van der Waals surface area contributed by atoms with Gasteiger partial charge in [0, 0.05) is 12.8 Å². The number of rotatable bonds is 4. The molecule has 1 N–H and O–H groups in total. The van der Waals surface area contributed by atoms with Crippen LogP contribution in [0.5, 0.6) is 0 Å². The molecule has 1 aliphatic rings. The van der Waals surface area contributed by atoms with E-state index in [1.54, 1.807) is 12.1 Å². The van der Waals surface area contributed by atoms with Crippen molar-refractivity contribution < 1.29 is 17.6 Å². The molecule has 0 bridgehead atoms. The minimum Gasteiger partial charge on any atom is -0.321 e. The number of nitrogens with zero attached hydrogens (tertiary/aromatic N) is 1. The van der Waals surface area contributed by atoms with Gasteiger partial charge in [-0.15, -0.1) is 0 Å². The molecule has 0 spiro atoms. The van der Waals surface area contributed by atoms with Gasteiger partial charge < -0.3 is 4.90 Å². The number of benzene rings is 1. The zero-order valence-corrected chi connectivity index (χ0v) is 11.3. The Morgan fingerprint density at radius 3 is 2.58 bits per heavy atom. The average molecular weight is 286 g/mol. The van der Waals surface area contributed by atoms with E-state index in [2.05, 4.69) is 5.32 Å². The van der Waals surface area contributed by atoms with Gasteiger partial charge in [0.15, 0.2) is 0 Å². The summed E-state index contributed by atoms with van der Waals surface area (Å²) >= 11 is 0. The van der Waals surface area contributed by atoms with E-state index in [-0.39, 0.29) is 30.6 Å². The lowest BCUT2D eigenvalue weighted by Crippen LogP contribution is -2.34. The van der Waals surface area contributed by atoms with Crippen LogP contribution in [0.1, 0.15) is 11.7 Å². The minimum absolute atomic E-state index is 0.0852. The Kier molecular flexibility index (Phi) is 3.86. The summed E-state index contributed by atoms with van der Waals surface area (Å²) < 4.78 is 35.2. The number of carbonyl (C=O) groups is 1.